The third-order valence-corrected chi connectivity index (χ3v) is 3.49. The van der Waals surface area contributed by atoms with Crippen molar-refractivity contribution in [2.75, 3.05) is 5.73 Å². The largest absolute Gasteiger partial charge is 0.397 e. The standard InChI is InChI=1S/C15H18BrN3O/c1-10(2)19-9-13(17)7-14(19)15(20)18-8-11-4-3-5-12(16)6-11/h3-7,9-10H,8,17H2,1-2H3,(H,18,20). The van der Waals surface area contributed by atoms with Crippen molar-refractivity contribution in [3.05, 3.63) is 52.3 Å². The normalized spacial score (nSPS) is 10.8. The number of hydrogen-bond acceptors (Lipinski definition) is 2. The van der Waals surface area contributed by atoms with E-state index in [2.05, 4.69) is 21.2 Å². The molecule has 0 spiro atoms. The Morgan fingerprint density at radius 1 is 1.40 bits per heavy atom. The lowest BCUT2D eigenvalue weighted by atomic mass is 10.2. The van der Waals surface area contributed by atoms with E-state index >= 15 is 0 Å². The average molecular weight is 336 g/mol. The fraction of sp³-hybridized carbons (Fsp3) is 0.267. The predicted molar refractivity (Wildman–Crippen MR) is 84.5 cm³/mol. The Bertz CT molecular complexity index is 619. The third-order valence-electron chi connectivity index (χ3n) is 3.00. The summed E-state index contributed by atoms with van der Waals surface area (Å²) in [5.41, 5.74) is 8.01. The SMILES string of the molecule is CC(C)n1cc(N)cc1C(=O)NCc1cccc(Br)c1. The van der Waals surface area contributed by atoms with Gasteiger partial charge < -0.3 is 15.6 Å². The van der Waals surface area contributed by atoms with Crippen molar-refractivity contribution in [1.29, 1.82) is 0 Å². The highest BCUT2D eigenvalue weighted by atomic mass is 79.9. The number of nitrogens with zero attached hydrogens (tertiary/aromatic N) is 1. The highest BCUT2D eigenvalue weighted by Gasteiger charge is 2.14. The Kier molecular flexibility index (Phi) is 4.49. The van der Waals surface area contributed by atoms with Crippen LogP contribution in [0.2, 0.25) is 0 Å². The highest BCUT2D eigenvalue weighted by Crippen LogP contribution is 2.17. The molecule has 1 aromatic carbocycles. The summed E-state index contributed by atoms with van der Waals surface area (Å²) in [5.74, 6) is -0.115. The molecule has 4 nitrogen and oxygen atoms in total. The quantitative estimate of drug-likeness (QED) is 0.900. The molecule has 2 rings (SSSR count). The Hall–Kier alpha value is -1.75. The van der Waals surface area contributed by atoms with Crippen molar-refractivity contribution < 1.29 is 4.79 Å². The molecule has 1 aromatic heterocycles. The summed E-state index contributed by atoms with van der Waals surface area (Å²) < 4.78 is 2.88. The van der Waals surface area contributed by atoms with Crippen molar-refractivity contribution in [2.45, 2.75) is 26.4 Å². The molecule has 0 radical (unpaired) electrons. The van der Waals surface area contributed by atoms with Crippen LogP contribution < -0.4 is 11.1 Å². The van der Waals surface area contributed by atoms with E-state index in [0.29, 0.717) is 17.9 Å². The Balaban J connectivity index is 2.09. The zero-order chi connectivity index (χ0) is 14.7. The van der Waals surface area contributed by atoms with Gasteiger partial charge in [-0.2, -0.15) is 0 Å². The zero-order valence-electron chi connectivity index (χ0n) is 11.6. The summed E-state index contributed by atoms with van der Waals surface area (Å²) in [5, 5.41) is 2.91. The van der Waals surface area contributed by atoms with Gasteiger partial charge in [0.1, 0.15) is 5.69 Å². The lowest BCUT2D eigenvalue weighted by Crippen LogP contribution is -2.25. The molecule has 0 saturated carbocycles. The van der Waals surface area contributed by atoms with Gasteiger partial charge >= 0.3 is 0 Å². The molecule has 20 heavy (non-hydrogen) atoms. The molecular weight excluding hydrogens is 318 g/mol. The third kappa shape index (κ3) is 3.42. The van der Waals surface area contributed by atoms with Gasteiger partial charge in [0.05, 0.1) is 5.69 Å². The van der Waals surface area contributed by atoms with Crippen LogP contribution in [0, 0.1) is 0 Å². The number of nitrogens with one attached hydrogen (secondary N) is 1. The number of amides is 1. The minimum absolute atomic E-state index is 0.115. The second-order valence-corrected chi connectivity index (χ2v) is 5.89. The Labute approximate surface area is 127 Å². The van der Waals surface area contributed by atoms with Gasteiger partial charge in [0.2, 0.25) is 0 Å². The molecule has 5 heteroatoms. The maximum Gasteiger partial charge on any atom is 0.268 e. The summed E-state index contributed by atoms with van der Waals surface area (Å²) >= 11 is 3.41. The number of carbonyl (C=O) groups excluding carboxylic acids is 1. The lowest BCUT2D eigenvalue weighted by Gasteiger charge is -2.12. The number of hydrogen-bond donors (Lipinski definition) is 2. The van der Waals surface area contributed by atoms with Gasteiger partial charge in [0, 0.05) is 23.3 Å². The molecule has 0 atom stereocenters. The molecule has 1 amide bonds. The molecule has 0 fully saturated rings. The van der Waals surface area contributed by atoms with E-state index < -0.39 is 0 Å². The topological polar surface area (TPSA) is 60.0 Å². The predicted octanol–water partition coefficient (Wildman–Crippen LogP) is 3.34. The molecule has 0 saturated heterocycles. The van der Waals surface area contributed by atoms with E-state index in [1.807, 2.05) is 42.7 Å². The van der Waals surface area contributed by atoms with E-state index in [4.69, 9.17) is 5.73 Å². The molecule has 0 bridgehead atoms. The number of benzene rings is 1. The fourth-order valence-corrected chi connectivity index (χ4v) is 2.48. The van der Waals surface area contributed by atoms with Gasteiger partial charge in [-0.05, 0) is 37.6 Å². The van der Waals surface area contributed by atoms with Crippen molar-refractivity contribution in [1.82, 2.24) is 9.88 Å². The zero-order valence-corrected chi connectivity index (χ0v) is 13.1. The molecule has 0 unspecified atom stereocenters. The molecule has 3 N–H and O–H groups in total. The van der Waals surface area contributed by atoms with Crippen LogP contribution in [0.5, 0.6) is 0 Å². The number of carbonyl (C=O) groups is 1. The van der Waals surface area contributed by atoms with Gasteiger partial charge in [-0.1, -0.05) is 28.1 Å². The van der Waals surface area contributed by atoms with Crippen LogP contribution in [0.1, 0.15) is 35.9 Å². The van der Waals surface area contributed by atoms with Gasteiger partial charge in [0.15, 0.2) is 0 Å². The van der Waals surface area contributed by atoms with Crippen LogP contribution in [0.4, 0.5) is 5.69 Å². The minimum atomic E-state index is -0.115. The monoisotopic (exact) mass is 335 g/mol. The first kappa shape index (κ1) is 14.7. The average Bonchev–Trinajstić information content (AvgIpc) is 2.78. The number of rotatable bonds is 4. The maximum absolute atomic E-state index is 12.2. The van der Waals surface area contributed by atoms with Gasteiger partial charge in [-0.3, -0.25) is 4.79 Å². The van der Waals surface area contributed by atoms with Gasteiger partial charge in [-0.25, -0.2) is 0 Å². The summed E-state index contributed by atoms with van der Waals surface area (Å²) in [6.07, 6.45) is 1.79. The first-order chi connectivity index (χ1) is 9.47. The van der Waals surface area contributed by atoms with Crippen molar-refractivity contribution >= 4 is 27.5 Å². The van der Waals surface area contributed by atoms with E-state index in [9.17, 15) is 4.79 Å². The van der Waals surface area contributed by atoms with Gasteiger partial charge in [0.25, 0.3) is 5.91 Å². The van der Waals surface area contributed by atoms with E-state index in [1.165, 1.54) is 0 Å². The molecule has 0 aliphatic heterocycles. The van der Waals surface area contributed by atoms with Crippen LogP contribution >= 0.6 is 15.9 Å². The summed E-state index contributed by atoms with van der Waals surface area (Å²) in [6.45, 7) is 4.52. The summed E-state index contributed by atoms with van der Waals surface area (Å²) in [7, 11) is 0. The molecular formula is C15H18BrN3O. The summed E-state index contributed by atoms with van der Waals surface area (Å²) in [4.78, 5) is 12.2. The van der Waals surface area contributed by atoms with Crippen molar-refractivity contribution in [3.63, 3.8) is 0 Å². The first-order valence-electron chi connectivity index (χ1n) is 6.47. The number of halogens is 1. The van der Waals surface area contributed by atoms with Crippen LogP contribution in [-0.4, -0.2) is 10.5 Å². The molecule has 0 aliphatic carbocycles. The van der Waals surface area contributed by atoms with Crippen molar-refractivity contribution in [3.8, 4) is 0 Å². The van der Waals surface area contributed by atoms with Crippen LogP contribution in [0.15, 0.2) is 41.0 Å². The molecule has 0 aliphatic rings. The van der Waals surface area contributed by atoms with Crippen LogP contribution in [0.3, 0.4) is 0 Å². The highest BCUT2D eigenvalue weighted by molar-refractivity contribution is 9.10. The summed E-state index contributed by atoms with van der Waals surface area (Å²) in [6, 6.07) is 9.75. The number of nitrogen functional groups attached to an aromatic ring is 1. The van der Waals surface area contributed by atoms with Crippen molar-refractivity contribution in [2.24, 2.45) is 0 Å². The number of anilines is 1. The van der Waals surface area contributed by atoms with E-state index in [1.54, 1.807) is 12.3 Å². The molecule has 1 heterocycles. The second kappa shape index (κ2) is 6.13. The maximum atomic E-state index is 12.2. The lowest BCUT2D eigenvalue weighted by molar-refractivity contribution is 0.0940. The van der Waals surface area contributed by atoms with E-state index in [0.717, 1.165) is 10.0 Å². The number of aromatic nitrogens is 1. The van der Waals surface area contributed by atoms with E-state index in [-0.39, 0.29) is 11.9 Å². The molecule has 2 aromatic rings. The fourth-order valence-electron chi connectivity index (χ4n) is 2.03. The number of nitrogens with two attached hydrogens (primary N) is 1. The van der Waals surface area contributed by atoms with Crippen LogP contribution in [0.25, 0.3) is 0 Å². The smallest absolute Gasteiger partial charge is 0.268 e. The second-order valence-electron chi connectivity index (χ2n) is 4.97. The Morgan fingerprint density at radius 2 is 2.15 bits per heavy atom. The minimum Gasteiger partial charge on any atom is -0.397 e. The Morgan fingerprint density at radius 3 is 2.80 bits per heavy atom. The van der Waals surface area contributed by atoms with Crippen LogP contribution in [-0.2, 0) is 6.54 Å². The molecule has 106 valence electrons. The first-order valence-corrected chi connectivity index (χ1v) is 7.26. The van der Waals surface area contributed by atoms with Gasteiger partial charge in [-0.15, -0.1) is 0 Å².